The molecule has 1 aromatic heterocycles. The minimum Gasteiger partial charge on any atom is -0.496 e. The van der Waals surface area contributed by atoms with E-state index in [0.29, 0.717) is 28.3 Å². The number of fused-ring (bicyclic) bond motifs is 1. The highest BCUT2D eigenvalue weighted by Crippen LogP contribution is 2.43. The molecule has 0 spiro atoms. The van der Waals surface area contributed by atoms with E-state index in [-0.39, 0.29) is 17.0 Å². The third-order valence-corrected chi connectivity index (χ3v) is 4.59. The number of nitrogens with zero attached hydrogens (tertiary/aromatic N) is 1. The van der Waals surface area contributed by atoms with Crippen LogP contribution in [0.1, 0.15) is 22.7 Å². The van der Waals surface area contributed by atoms with Gasteiger partial charge in [0.2, 0.25) is 5.88 Å². The average molecular weight is 356 g/mol. The number of hydrogen-bond acceptors (Lipinski definition) is 6. The van der Waals surface area contributed by atoms with E-state index >= 15 is 0 Å². The molecule has 26 heavy (non-hydrogen) atoms. The Hall–Kier alpha value is -3.22. The molecular formula is C19H20N2O5. The van der Waals surface area contributed by atoms with E-state index < -0.39 is 11.9 Å². The van der Waals surface area contributed by atoms with Crippen molar-refractivity contribution in [1.82, 2.24) is 4.57 Å². The molecule has 0 saturated heterocycles. The van der Waals surface area contributed by atoms with Gasteiger partial charge in [0.15, 0.2) is 0 Å². The highest BCUT2D eigenvalue weighted by molar-refractivity contribution is 5.92. The van der Waals surface area contributed by atoms with Crippen LogP contribution in [-0.4, -0.2) is 24.8 Å². The van der Waals surface area contributed by atoms with Gasteiger partial charge in [-0.15, -0.1) is 0 Å². The highest BCUT2D eigenvalue weighted by Gasteiger charge is 2.39. The summed E-state index contributed by atoms with van der Waals surface area (Å²) < 4.78 is 17.4. The summed E-state index contributed by atoms with van der Waals surface area (Å²) in [6.45, 7) is 1.79. The van der Waals surface area contributed by atoms with Crippen LogP contribution in [0.3, 0.4) is 0 Å². The summed E-state index contributed by atoms with van der Waals surface area (Å²) in [6.07, 6.45) is 0. The van der Waals surface area contributed by atoms with Gasteiger partial charge in [-0.05, 0) is 13.0 Å². The van der Waals surface area contributed by atoms with Gasteiger partial charge in [0.25, 0.3) is 5.56 Å². The first-order valence-corrected chi connectivity index (χ1v) is 8.00. The number of aromatic nitrogens is 1. The van der Waals surface area contributed by atoms with E-state index in [1.165, 1.54) is 18.8 Å². The van der Waals surface area contributed by atoms with Crippen molar-refractivity contribution in [2.24, 2.45) is 12.8 Å². The lowest BCUT2D eigenvalue weighted by Crippen LogP contribution is -2.34. The summed E-state index contributed by atoms with van der Waals surface area (Å²) >= 11 is 0. The zero-order chi connectivity index (χ0) is 19.0. The normalized spacial score (nSPS) is 15.9. The third-order valence-electron chi connectivity index (χ3n) is 4.59. The second-order valence-corrected chi connectivity index (χ2v) is 5.97. The van der Waals surface area contributed by atoms with Crippen molar-refractivity contribution >= 4 is 5.97 Å². The van der Waals surface area contributed by atoms with Crippen molar-refractivity contribution in [3.63, 3.8) is 0 Å². The number of para-hydroxylation sites is 1. The van der Waals surface area contributed by atoms with Crippen molar-refractivity contribution in [2.75, 3.05) is 14.2 Å². The molecule has 0 fully saturated rings. The average Bonchev–Trinajstić information content (AvgIpc) is 2.64. The van der Waals surface area contributed by atoms with E-state index in [1.54, 1.807) is 44.3 Å². The van der Waals surface area contributed by atoms with Crippen LogP contribution in [0.15, 0.2) is 46.6 Å². The van der Waals surface area contributed by atoms with Crippen LogP contribution in [-0.2, 0) is 16.6 Å². The van der Waals surface area contributed by atoms with Gasteiger partial charge in [-0.3, -0.25) is 4.79 Å². The molecule has 2 N–H and O–H groups in total. The zero-order valence-corrected chi connectivity index (χ0v) is 15.0. The van der Waals surface area contributed by atoms with Crippen LogP contribution >= 0.6 is 0 Å². The number of pyridine rings is 1. The Morgan fingerprint density at radius 2 is 1.96 bits per heavy atom. The Balaban J connectivity index is 2.39. The van der Waals surface area contributed by atoms with Gasteiger partial charge < -0.3 is 24.5 Å². The molecule has 1 aliphatic rings. The summed E-state index contributed by atoms with van der Waals surface area (Å²) in [7, 11) is 4.44. The molecule has 0 aliphatic carbocycles. The Morgan fingerprint density at radius 3 is 2.62 bits per heavy atom. The lowest BCUT2D eigenvalue weighted by atomic mass is 9.83. The minimum absolute atomic E-state index is 0.0745. The quantitative estimate of drug-likeness (QED) is 0.839. The maximum Gasteiger partial charge on any atom is 0.340 e. The van der Waals surface area contributed by atoms with Crippen LogP contribution < -0.4 is 20.8 Å². The number of benzene rings is 1. The molecule has 3 rings (SSSR count). The number of ether oxygens (including phenoxy) is 3. The molecule has 7 heteroatoms. The largest absolute Gasteiger partial charge is 0.496 e. The van der Waals surface area contributed by atoms with Gasteiger partial charge in [-0.1, -0.05) is 18.2 Å². The fourth-order valence-corrected chi connectivity index (χ4v) is 3.17. The van der Waals surface area contributed by atoms with Crippen molar-refractivity contribution in [2.45, 2.75) is 12.8 Å². The number of nitrogens with two attached hydrogens (primary N) is 1. The number of aryl methyl sites for hydroxylation is 1. The topological polar surface area (TPSA) is 92.8 Å². The maximum absolute atomic E-state index is 13.0. The van der Waals surface area contributed by atoms with E-state index in [0.717, 1.165) is 0 Å². The van der Waals surface area contributed by atoms with Crippen LogP contribution in [0.2, 0.25) is 0 Å². The summed E-state index contributed by atoms with van der Waals surface area (Å²) in [4.78, 5) is 25.5. The minimum atomic E-state index is -0.762. The fourth-order valence-electron chi connectivity index (χ4n) is 3.17. The number of carbonyl (C=O) groups is 1. The third kappa shape index (κ3) is 2.61. The second-order valence-electron chi connectivity index (χ2n) is 5.97. The molecule has 0 saturated carbocycles. The van der Waals surface area contributed by atoms with Crippen molar-refractivity contribution in [3.05, 3.63) is 69.0 Å². The molecule has 0 bridgehead atoms. The molecular weight excluding hydrogens is 336 g/mol. The van der Waals surface area contributed by atoms with E-state index in [2.05, 4.69) is 0 Å². The molecule has 0 radical (unpaired) electrons. The van der Waals surface area contributed by atoms with E-state index in [1.807, 2.05) is 0 Å². The van der Waals surface area contributed by atoms with Crippen LogP contribution in [0.25, 0.3) is 0 Å². The lowest BCUT2D eigenvalue weighted by molar-refractivity contribution is -0.136. The van der Waals surface area contributed by atoms with Crippen LogP contribution in [0.5, 0.6) is 11.5 Å². The highest BCUT2D eigenvalue weighted by atomic mass is 16.5. The van der Waals surface area contributed by atoms with E-state index in [9.17, 15) is 9.59 Å². The SMILES string of the molecule is COC(=O)C1=C(N)Oc2cc(C)n(C)c(=O)c2C1c1ccccc1OC. The molecule has 7 nitrogen and oxygen atoms in total. The molecule has 0 amide bonds. The monoisotopic (exact) mass is 356 g/mol. The van der Waals surface area contributed by atoms with Gasteiger partial charge in [-0.25, -0.2) is 4.79 Å². The fraction of sp³-hybridized carbons (Fsp3) is 0.263. The maximum atomic E-state index is 13.0. The summed E-state index contributed by atoms with van der Waals surface area (Å²) in [6, 6.07) is 8.87. The number of esters is 1. The van der Waals surface area contributed by atoms with E-state index in [4.69, 9.17) is 19.9 Å². The molecule has 1 aromatic carbocycles. The summed E-state index contributed by atoms with van der Waals surface area (Å²) in [5.74, 6) is -0.657. The molecule has 1 aliphatic heterocycles. The summed E-state index contributed by atoms with van der Waals surface area (Å²) in [5, 5.41) is 0. The van der Waals surface area contributed by atoms with Gasteiger partial charge in [-0.2, -0.15) is 0 Å². The lowest BCUT2D eigenvalue weighted by Gasteiger charge is -2.29. The number of hydrogen-bond donors (Lipinski definition) is 1. The van der Waals surface area contributed by atoms with Crippen molar-refractivity contribution < 1.29 is 19.0 Å². The zero-order valence-electron chi connectivity index (χ0n) is 15.0. The molecule has 2 heterocycles. The number of rotatable bonds is 3. The summed E-state index contributed by atoms with van der Waals surface area (Å²) in [5.41, 5.74) is 7.49. The van der Waals surface area contributed by atoms with Crippen LogP contribution in [0.4, 0.5) is 0 Å². The number of methoxy groups -OCH3 is 2. The van der Waals surface area contributed by atoms with Gasteiger partial charge >= 0.3 is 5.97 Å². The standard InChI is InChI=1S/C19H20N2O5/c1-10-9-13-15(18(22)21(10)2)14(11-7-5-6-8-12(11)24-3)16(17(20)26-13)19(23)25-4/h5-9,14H,20H2,1-4H3. The smallest absolute Gasteiger partial charge is 0.340 e. The molecule has 2 aromatic rings. The van der Waals surface area contributed by atoms with Gasteiger partial charge in [0.05, 0.1) is 25.7 Å². The Labute approximate surface area is 150 Å². The Bertz CT molecular complexity index is 974. The molecule has 136 valence electrons. The predicted octanol–water partition coefficient (Wildman–Crippen LogP) is 1.57. The molecule has 1 unspecified atom stereocenters. The van der Waals surface area contributed by atoms with Gasteiger partial charge in [0, 0.05) is 24.4 Å². The molecule has 1 atom stereocenters. The van der Waals surface area contributed by atoms with Crippen LogP contribution in [0, 0.1) is 6.92 Å². The van der Waals surface area contributed by atoms with Crippen molar-refractivity contribution in [1.29, 1.82) is 0 Å². The first-order valence-electron chi connectivity index (χ1n) is 8.00. The predicted molar refractivity (Wildman–Crippen MR) is 95.1 cm³/mol. The first kappa shape index (κ1) is 17.6. The Morgan fingerprint density at radius 1 is 1.27 bits per heavy atom. The number of carbonyl (C=O) groups excluding carboxylic acids is 1. The van der Waals surface area contributed by atoms with Gasteiger partial charge in [0.1, 0.15) is 17.1 Å². The second kappa shape index (κ2) is 6.59. The van der Waals surface area contributed by atoms with Crippen molar-refractivity contribution in [3.8, 4) is 11.5 Å². The Kier molecular flexibility index (Phi) is 4.46. The first-order chi connectivity index (χ1) is 12.4.